The van der Waals surface area contributed by atoms with E-state index in [-0.39, 0.29) is 18.0 Å². The minimum atomic E-state index is -0.286. The van der Waals surface area contributed by atoms with Gasteiger partial charge < -0.3 is 9.47 Å². The van der Waals surface area contributed by atoms with Crippen LogP contribution in [0.2, 0.25) is 0 Å². The molecular weight excluding hydrogens is 328 g/mol. The van der Waals surface area contributed by atoms with Crippen LogP contribution in [0, 0.1) is 0 Å². The van der Waals surface area contributed by atoms with E-state index < -0.39 is 0 Å². The monoisotopic (exact) mass is 366 g/mol. The summed E-state index contributed by atoms with van der Waals surface area (Å²) in [4.78, 5) is 22.6. The molecular formula is C22H38O4. The van der Waals surface area contributed by atoms with Crippen molar-refractivity contribution < 1.29 is 19.1 Å². The molecule has 0 aliphatic carbocycles. The summed E-state index contributed by atoms with van der Waals surface area (Å²) in [5.74, 6) is -0.570. The molecule has 0 aliphatic rings. The van der Waals surface area contributed by atoms with E-state index in [2.05, 4.69) is 13.2 Å². The van der Waals surface area contributed by atoms with E-state index in [1.165, 1.54) is 44.9 Å². The van der Waals surface area contributed by atoms with Gasteiger partial charge >= 0.3 is 11.9 Å². The Morgan fingerprint density at radius 2 is 1.15 bits per heavy atom. The van der Waals surface area contributed by atoms with E-state index in [0.29, 0.717) is 17.8 Å². The minimum Gasteiger partial charge on any atom is -0.462 e. The molecule has 0 bridgehead atoms. The summed E-state index contributed by atoms with van der Waals surface area (Å²) in [5, 5.41) is 0. The van der Waals surface area contributed by atoms with Crippen LogP contribution in [0.4, 0.5) is 0 Å². The highest BCUT2D eigenvalue weighted by Gasteiger charge is 2.09. The third kappa shape index (κ3) is 14.7. The van der Waals surface area contributed by atoms with Crippen molar-refractivity contribution in [2.45, 2.75) is 97.5 Å². The average Bonchev–Trinajstić information content (AvgIpc) is 2.58. The zero-order valence-corrected chi connectivity index (χ0v) is 17.1. The first kappa shape index (κ1) is 24.4. The Bertz CT molecular complexity index is 439. The molecule has 0 spiro atoms. The summed E-state index contributed by atoms with van der Waals surface area (Å²) in [7, 11) is 0. The van der Waals surface area contributed by atoms with Gasteiger partial charge in [0.25, 0.3) is 0 Å². The first-order valence-corrected chi connectivity index (χ1v) is 10.0. The molecule has 1 unspecified atom stereocenters. The molecule has 0 saturated heterocycles. The topological polar surface area (TPSA) is 52.6 Å². The van der Waals surface area contributed by atoms with Crippen LogP contribution in [0.3, 0.4) is 0 Å². The van der Waals surface area contributed by atoms with Crippen molar-refractivity contribution in [3.05, 3.63) is 24.3 Å². The lowest BCUT2D eigenvalue weighted by atomic mass is 10.0. The lowest BCUT2D eigenvalue weighted by Gasteiger charge is -2.12. The van der Waals surface area contributed by atoms with Gasteiger partial charge in [-0.2, -0.15) is 0 Å². The van der Waals surface area contributed by atoms with E-state index in [0.717, 1.165) is 25.7 Å². The Hall–Kier alpha value is -1.58. The van der Waals surface area contributed by atoms with Crippen molar-refractivity contribution in [2.75, 3.05) is 6.61 Å². The van der Waals surface area contributed by atoms with Gasteiger partial charge in [-0.25, -0.2) is 9.59 Å². The zero-order valence-electron chi connectivity index (χ0n) is 17.1. The molecule has 0 rings (SSSR count). The first-order chi connectivity index (χ1) is 12.3. The number of rotatable bonds is 16. The Balaban J connectivity index is 3.29. The number of unbranched alkanes of at least 4 members (excludes halogenated alkanes) is 9. The number of hydrogen-bond acceptors (Lipinski definition) is 4. The third-order valence-corrected chi connectivity index (χ3v) is 4.24. The second kappa shape index (κ2) is 15.7. The molecule has 0 aromatic carbocycles. The minimum absolute atomic E-state index is 0.0196. The second-order valence-corrected chi connectivity index (χ2v) is 7.24. The molecule has 0 radical (unpaired) electrons. The highest BCUT2D eigenvalue weighted by molar-refractivity contribution is 5.87. The number of ether oxygens (including phenoxy) is 2. The first-order valence-electron chi connectivity index (χ1n) is 10.0. The van der Waals surface area contributed by atoms with Crippen molar-refractivity contribution in [3.8, 4) is 0 Å². The molecule has 0 fully saturated rings. The summed E-state index contributed by atoms with van der Waals surface area (Å²) in [6, 6.07) is 0. The molecule has 0 heterocycles. The van der Waals surface area contributed by atoms with E-state index in [1.807, 2.05) is 6.92 Å². The highest BCUT2D eigenvalue weighted by Crippen LogP contribution is 2.13. The van der Waals surface area contributed by atoms with Crippen LogP contribution in [-0.4, -0.2) is 24.6 Å². The van der Waals surface area contributed by atoms with Gasteiger partial charge in [-0.1, -0.05) is 64.5 Å². The van der Waals surface area contributed by atoms with E-state index in [1.54, 1.807) is 13.8 Å². The highest BCUT2D eigenvalue weighted by atomic mass is 16.5. The fourth-order valence-electron chi connectivity index (χ4n) is 2.58. The van der Waals surface area contributed by atoms with Gasteiger partial charge in [0, 0.05) is 11.1 Å². The van der Waals surface area contributed by atoms with Gasteiger partial charge in [0.15, 0.2) is 0 Å². The maximum absolute atomic E-state index is 11.4. The fraction of sp³-hybridized carbons (Fsp3) is 0.727. The van der Waals surface area contributed by atoms with Crippen molar-refractivity contribution in [1.82, 2.24) is 0 Å². The van der Waals surface area contributed by atoms with Gasteiger partial charge in [-0.3, -0.25) is 0 Å². The van der Waals surface area contributed by atoms with Crippen LogP contribution in [0.5, 0.6) is 0 Å². The van der Waals surface area contributed by atoms with Gasteiger partial charge in [-0.15, -0.1) is 0 Å². The summed E-state index contributed by atoms with van der Waals surface area (Å²) >= 11 is 0. The van der Waals surface area contributed by atoms with Crippen LogP contribution < -0.4 is 0 Å². The summed E-state index contributed by atoms with van der Waals surface area (Å²) in [6.07, 6.45) is 12.8. The lowest BCUT2D eigenvalue weighted by molar-refractivity contribution is -0.143. The van der Waals surface area contributed by atoms with Crippen molar-refractivity contribution in [2.24, 2.45) is 0 Å². The number of hydrogen-bond donors (Lipinski definition) is 0. The normalized spacial score (nSPS) is 11.7. The molecule has 26 heavy (non-hydrogen) atoms. The summed E-state index contributed by atoms with van der Waals surface area (Å²) in [5.41, 5.74) is 0.928. The summed E-state index contributed by atoms with van der Waals surface area (Å²) < 4.78 is 10.3. The fourth-order valence-corrected chi connectivity index (χ4v) is 2.58. The smallest absolute Gasteiger partial charge is 0.333 e. The predicted octanol–water partition coefficient (Wildman–Crippen LogP) is 5.90. The molecule has 4 heteroatoms. The molecule has 1 atom stereocenters. The van der Waals surface area contributed by atoms with Crippen LogP contribution in [-0.2, 0) is 19.1 Å². The molecule has 0 N–H and O–H groups in total. The van der Waals surface area contributed by atoms with Crippen LogP contribution in [0.15, 0.2) is 24.3 Å². The largest absolute Gasteiger partial charge is 0.462 e. The Labute approximate surface area is 160 Å². The quantitative estimate of drug-likeness (QED) is 0.194. The molecule has 0 amide bonds. The number of carbonyl (C=O) groups is 2. The van der Waals surface area contributed by atoms with Gasteiger partial charge in [0.1, 0.15) is 0 Å². The van der Waals surface area contributed by atoms with Gasteiger partial charge in [-0.05, 0) is 40.0 Å². The van der Waals surface area contributed by atoms with Gasteiger partial charge in [0.2, 0.25) is 0 Å². The van der Waals surface area contributed by atoms with E-state index >= 15 is 0 Å². The average molecular weight is 367 g/mol. The second-order valence-electron chi connectivity index (χ2n) is 7.24. The molecule has 0 aromatic rings. The van der Waals surface area contributed by atoms with Crippen LogP contribution in [0.1, 0.15) is 91.4 Å². The zero-order chi connectivity index (χ0) is 19.8. The van der Waals surface area contributed by atoms with Crippen LogP contribution in [0.25, 0.3) is 0 Å². The Morgan fingerprint density at radius 1 is 0.731 bits per heavy atom. The summed E-state index contributed by atoms with van der Waals surface area (Å²) in [6.45, 7) is 12.9. The Morgan fingerprint density at radius 3 is 1.62 bits per heavy atom. The van der Waals surface area contributed by atoms with E-state index in [4.69, 9.17) is 9.47 Å². The standard InChI is InChI=1S/C22H38O4/c1-18(2)21(23)25-17-15-13-11-9-7-6-8-10-12-14-16-20(5)26-22(24)19(3)4/h20H,1,3,6-17H2,2,4-5H3. The molecule has 0 aromatic heterocycles. The van der Waals surface area contributed by atoms with Crippen molar-refractivity contribution >= 4 is 11.9 Å². The van der Waals surface area contributed by atoms with Crippen molar-refractivity contribution in [3.63, 3.8) is 0 Å². The van der Waals surface area contributed by atoms with Crippen molar-refractivity contribution in [1.29, 1.82) is 0 Å². The number of esters is 2. The lowest BCUT2D eigenvalue weighted by Crippen LogP contribution is -2.15. The molecule has 0 aliphatic heterocycles. The van der Waals surface area contributed by atoms with Gasteiger partial charge in [0.05, 0.1) is 12.7 Å². The van der Waals surface area contributed by atoms with E-state index in [9.17, 15) is 9.59 Å². The Kier molecular flexibility index (Phi) is 14.7. The molecule has 4 nitrogen and oxygen atoms in total. The maximum atomic E-state index is 11.4. The van der Waals surface area contributed by atoms with Crippen LogP contribution >= 0.6 is 0 Å². The third-order valence-electron chi connectivity index (χ3n) is 4.24. The predicted molar refractivity (Wildman–Crippen MR) is 107 cm³/mol. The SMILES string of the molecule is C=C(C)C(=O)OCCCCCCCCCCCCC(C)OC(=O)C(=C)C. The molecule has 150 valence electrons. The maximum Gasteiger partial charge on any atom is 0.333 e. The molecule has 0 saturated carbocycles. The number of carbonyl (C=O) groups excluding carboxylic acids is 2.